The van der Waals surface area contributed by atoms with Gasteiger partial charge in [-0.3, -0.25) is 4.90 Å². The molecule has 8 heteroatoms. The summed E-state index contributed by atoms with van der Waals surface area (Å²) < 4.78 is 65.4. The average molecular weight is 322 g/mol. The van der Waals surface area contributed by atoms with Gasteiger partial charge in [-0.15, -0.1) is 0 Å². The molecule has 0 spiro atoms. The van der Waals surface area contributed by atoms with Crippen LogP contribution in [0.5, 0.6) is 0 Å². The normalized spacial score (nSPS) is 20.1. The molecule has 118 valence electrons. The van der Waals surface area contributed by atoms with Crippen LogP contribution in [0.2, 0.25) is 0 Å². The van der Waals surface area contributed by atoms with Gasteiger partial charge < -0.3 is 0 Å². The zero-order valence-corrected chi connectivity index (χ0v) is 12.4. The van der Waals surface area contributed by atoms with E-state index in [4.69, 9.17) is 0 Å². The summed E-state index contributed by atoms with van der Waals surface area (Å²) in [6, 6.07) is 1.87. The van der Waals surface area contributed by atoms with Gasteiger partial charge in [0.05, 0.1) is 5.25 Å². The average Bonchev–Trinajstić information content (AvgIpc) is 2.85. The lowest BCUT2D eigenvalue weighted by Gasteiger charge is -2.16. The summed E-state index contributed by atoms with van der Waals surface area (Å²) >= 11 is 0. The van der Waals surface area contributed by atoms with Crippen LogP contribution >= 0.6 is 0 Å². The van der Waals surface area contributed by atoms with E-state index >= 15 is 0 Å². The van der Waals surface area contributed by atoms with Crippen LogP contribution in [-0.2, 0) is 16.6 Å². The molecule has 0 aromatic heterocycles. The van der Waals surface area contributed by atoms with E-state index in [1.165, 1.54) is 0 Å². The van der Waals surface area contributed by atoms with E-state index in [9.17, 15) is 21.6 Å². The third kappa shape index (κ3) is 3.75. The van der Waals surface area contributed by atoms with Crippen molar-refractivity contribution in [2.75, 3.05) is 19.6 Å². The predicted molar refractivity (Wildman–Crippen MR) is 72.6 cm³/mol. The SMILES string of the molecule is CCNS(=O)(=O)[C@H]1CCN(Cc2cc(F)c(F)c(F)c2)C1. The fourth-order valence-electron chi connectivity index (χ4n) is 2.47. The third-order valence-electron chi connectivity index (χ3n) is 3.46. The fourth-order valence-corrected chi connectivity index (χ4v) is 3.93. The molecule has 0 bridgehead atoms. The van der Waals surface area contributed by atoms with Crippen LogP contribution < -0.4 is 4.72 Å². The molecule has 1 N–H and O–H groups in total. The lowest BCUT2D eigenvalue weighted by Crippen LogP contribution is -2.36. The topological polar surface area (TPSA) is 49.4 Å². The quantitative estimate of drug-likeness (QED) is 0.838. The van der Waals surface area contributed by atoms with Gasteiger partial charge in [-0.1, -0.05) is 6.92 Å². The maximum absolute atomic E-state index is 13.1. The Labute approximate surface area is 122 Å². The van der Waals surface area contributed by atoms with Crippen LogP contribution in [0.1, 0.15) is 18.9 Å². The Morgan fingerprint density at radius 3 is 2.48 bits per heavy atom. The highest BCUT2D eigenvalue weighted by Crippen LogP contribution is 2.20. The van der Waals surface area contributed by atoms with Gasteiger partial charge in [0, 0.05) is 19.6 Å². The summed E-state index contributed by atoms with van der Waals surface area (Å²) in [5.74, 6) is -3.96. The van der Waals surface area contributed by atoms with Crippen LogP contribution in [0, 0.1) is 17.5 Å². The number of hydrogen-bond acceptors (Lipinski definition) is 3. The van der Waals surface area contributed by atoms with Crippen molar-refractivity contribution >= 4 is 10.0 Å². The molecule has 1 saturated heterocycles. The van der Waals surface area contributed by atoms with E-state index in [1.54, 1.807) is 11.8 Å². The molecule has 1 atom stereocenters. The van der Waals surface area contributed by atoms with Crippen molar-refractivity contribution < 1.29 is 21.6 Å². The highest BCUT2D eigenvalue weighted by molar-refractivity contribution is 7.90. The van der Waals surface area contributed by atoms with Gasteiger partial charge in [-0.25, -0.2) is 26.3 Å². The van der Waals surface area contributed by atoms with Gasteiger partial charge in [0.2, 0.25) is 10.0 Å². The molecule has 2 rings (SSSR count). The van der Waals surface area contributed by atoms with Crippen LogP contribution in [0.3, 0.4) is 0 Å². The van der Waals surface area contributed by atoms with Crippen molar-refractivity contribution in [3.63, 3.8) is 0 Å². The second-order valence-electron chi connectivity index (χ2n) is 5.06. The molecule has 1 aromatic rings. The number of nitrogens with one attached hydrogen (secondary N) is 1. The standard InChI is InChI=1S/C13H17F3N2O2S/c1-2-17-21(19,20)10-3-4-18(8-10)7-9-5-11(14)13(16)12(15)6-9/h5-6,10,17H,2-4,7-8H2,1H3/t10-/m0/s1. The molecular weight excluding hydrogens is 305 g/mol. The van der Waals surface area contributed by atoms with Crippen molar-refractivity contribution in [2.24, 2.45) is 0 Å². The van der Waals surface area contributed by atoms with Crippen molar-refractivity contribution in [1.82, 2.24) is 9.62 Å². The van der Waals surface area contributed by atoms with E-state index in [2.05, 4.69) is 4.72 Å². The first-order valence-corrected chi connectivity index (χ1v) is 8.22. The summed E-state index contributed by atoms with van der Waals surface area (Å²) in [7, 11) is -3.36. The van der Waals surface area contributed by atoms with Gasteiger partial charge in [0.25, 0.3) is 0 Å². The molecule has 0 aliphatic carbocycles. The summed E-state index contributed by atoms with van der Waals surface area (Å²) in [6.45, 7) is 3.01. The smallest absolute Gasteiger partial charge is 0.215 e. The first-order valence-electron chi connectivity index (χ1n) is 6.67. The van der Waals surface area contributed by atoms with Crippen molar-refractivity contribution in [3.8, 4) is 0 Å². The zero-order valence-electron chi connectivity index (χ0n) is 11.6. The minimum Gasteiger partial charge on any atom is -0.298 e. The first-order chi connectivity index (χ1) is 9.83. The van der Waals surface area contributed by atoms with E-state index in [1.807, 2.05) is 0 Å². The van der Waals surface area contributed by atoms with E-state index in [-0.39, 0.29) is 18.7 Å². The number of halogens is 3. The molecule has 1 heterocycles. The van der Waals surface area contributed by atoms with Gasteiger partial charge in [-0.2, -0.15) is 0 Å². The summed E-state index contributed by atoms with van der Waals surface area (Å²) in [4.78, 5) is 1.78. The Morgan fingerprint density at radius 2 is 1.90 bits per heavy atom. The summed E-state index contributed by atoms with van der Waals surface area (Å²) in [6.07, 6.45) is 0.460. The van der Waals surface area contributed by atoms with Gasteiger partial charge in [0.15, 0.2) is 17.5 Å². The van der Waals surface area contributed by atoms with Crippen LogP contribution in [-0.4, -0.2) is 38.2 Å². The summed E-state index contributed by atoms with van der Waals surface area (Å²) in [5, 5.41) is -0.535. The molecule has 0 saturated carbocycles. The lowest BCUT2D eigenvalue weighted by molar-refractivity contribution is 0.328. The number of nitrogens with zero attached hydrogens (tertiary/aromatic N) is 1. The van der Waals surface area contributed by atoms with Crippen molar-refractivity contribution in [1.29, 1.82) is 0 Å². The Bertz CT molecular complexity index is 599. The van der Waals surface area contributed by atoms with Crippen LogP contribution in [0.25, 0.3) is 0 Å². The Hall–Kier alpha value is -1.12. The molecule has 0 amide bonds. The molecule has 0 radical (unpaired) electrons. The maximum atomic E-state index is 13.1. The second kappa shape index (κ2) is 6.33. The predicted octanol–water partition coefficient (Wildman–Crippen LogP) is 1.62. The second-order valence-corrected chi connectivity index (χ2v) is 7.11. The molecule has 21 heavy (non-hydrogen) atoms. The Balaban J connectivity index is 2.03. The molecule has 0 unspecified atom stereocenters. The number of benzene rings is 1. The molecule has 1 aromatic carbocycles. The molecule has 4 nitrogen and oxygen atoms in total. The number of hydrogen-bond donors (Lipinski definition) is 1. The Morgan fingerprint density at radius 1 is 1.29 bits per heavy atom. The highest BCUT2D eigenvalue weighted by Gasteiger charge is 2.32. The summed E-state index contributed by atoms with van der Waals surface area (Å²) in [5.41, 5.74) is 0.285. The zero-order chi connectivity index (χ0) is 15.6. The van der Waals surface area contributed by atoms with Gasteiger partial charge >= 0.3 is 0 Å². The van der Waals surface area contributed by atoms with Crippen LogP contribution in [0.15, 0.2) is 12.1 Å². The van der Waals surface area contributed by atoms with Crippen LogP contribution in [0.4, 0.5) is 13.2 Å². The fraction of sp³-hybridized carbons (Fsp3) is 0.538. The third-order valence-corrected chi connectivity index (χ3v) is 5.42. The van der Waals surface area contributed by atoms with Gasteiger partial charge in [0.1, 0.15) is 0 Å². The minimum absolute atomic E-state index is 0.187. The largest absolute Gasteiger partial charge is 0.298 e. The maximum Gasteiger partial charge on any atom is 0.215 e. The number of likely N-dealkylation sites (tertiary alicyclic amines) is 1. The van der Waals surface area contributed by atoms with Crippen molar-refractivity contribution in [2.45, 2.75) is 25.1 Å². The van der Waals surface area contributed by atoms with Gasteiger partial charge in [-0.05, 0) is 30.7 Å². The molecular formula is C13H17F3N2O2S. The molecule has 1 aliphatic rings. The molecule has 1 aliphatic heterocycles. The highest BCUT2D eigenvalue weighted by atomic mass is 32.2. The lowest BCUT2D eigenvalue weighted by atomic mass is 10.2. The minimum atomic E-state index is -3.36. The monoisotopic (exact) mass is 322 g/mol. The van der Waals surface area contributed by atoms with E-state index < -0.39 is 32.7 Å². The van der Waals surface area contributed by atoms with E-state index in [0.29, 0.717) is 19.5 Å². The Kier molecular flexibility index (Phi) is 4.90. The molecule has 1 fully saturated rings. The van der Waals surface area contributed by atoms with Crippen molar-refractivity contribution in [3.05, 3.63) is 35.1 Å². The van der Waals surface area contributed by atoms with E-state index in [0.717, 1.165) is 12.1 Å². The number of rotatable bonds is 5. The first kappa shape index (κ1) is 16.3. The number of sulfonamides is 1.